The minimum Gasteiger partial charge on any atom is -0.361 e. The van der Waals surface area contributed by atoms with Crippen LogP contribution in [0.2, 0.25) is 0 Å². The molecule has 2 N–H and O–H groups in total. The van der Waals surface area contributed by atoms with Gasteiger partial charge in [-0.15, -0.1) is 0 Å². The average molecular weight is 202 g/mol. The van der Waals surface area contributed by atoms with Crippen molar-refractivity contribution in [2.45, 2.75) is 19.8 Å². The van der Waals surface area contributed by atoms with Gasteiger partial charge >= 0.3 is 0 Å². The predicted molar refractivity (Wildman–Crippen MR) is 65.3 cm³/mol. The number of aromatic amines is 1. The third kappa shape index (κ3) is 2.21. The van der Waals surface area contributed by atoms with E-state index < -0.39 is 0 Å². The Bertz CT molecular complexity index is 443. The molecule has 0 aliphatic carbocycles. The zero-order chi connectivity index (χ0) is 10.7. The minimum absolute atomic E-state index is 1.09. The van der Waals surface area contributed by atoms with E-state index in [1.54, 1.807) is 0 Å². The lowest BCUT2D eigenvalue weighted by Gasteiger charge is -2.02. The van der Waals surface area contributed by atoms with Crippen LogP contribution < -0.4 is 5.32 Å². The van der Waals surface area contributed by atoms with Gasteiger partial charge in [-0.25, -0.2) is 0 Å². The van der Waals surface area contributed by atoms with E-state index in [0.29, 0.717) is 0 Å². The van der Waals surface area contributed by atoms with Crippen molar-refractivity contribution < 1.29 is 0 Å². The SMILES string of the molecule is CNCCCc1ccc2[nH]cc(C)c2c1. The number of benzene rings is 1. The lowest BCUT2D eigenvalue weighted by molar-refractivity contribution is 0.725. The molecule has 1 aromatic heterocycles. The first-order valence-electron chi connectivity index (χ1n) is 5.52. The Morgan fingerprint density at radius 1 is 1.33 bits per heavy atom. The summed E-state index contributed by atoms with van der Waals surface area (Å²) in [6.45, 7) is 3.24. The molecule has 0 saturated carbocycles. The summed E-state index contributed by atoms with van der Waals surface area (Å²) in [5.41, 5.74) is 4.01. The van der Waals surface area contributed by atoms with E-state index in [4.69, 9.17) is 0 Å². The van der Waals surface area contributed by atoms with E-state index >= 15 is 0 Å². The molecule has 0 atom stereocenters. The third-order valence-electron chi connectivity index (χ3n) is 2.85. The number of hydrogen-bond acceptors (Lipinski definition) is 1. The normalized spacial score (nSPS) is 11.1. The molecular formula is C13H18N2. The number of aromatic nitrogens is 1. The first-order chi connectivity index (χ1) is 7.31. The van der Waals surface area contributed by atoms with Crippen molar-refractivity contribution in [3.8, 4) is 0 Å². The average Bonchev–Trinajstić information content (AvgIpc) is 2.61. The lowest BCUT2D eigenvalue weighted by Crippen LogP contribution is -2.08. The fourth-order valence-electron chi connectivity index (χ4n) is 1.93. The quantitative estimate of drug-likeness (QED) is 0.733. The second-order valence-corrected chi connectivity index (χ2v) is 4.06. The van der Waals surface area contributed by atoms with Crippen LogP contribution in [0, 0.1) is 6.92 Å². The van der Waals surface area contributed by atoms with Crippen LogP contribution in [-0.2, 0) is 6.42 Å². The molecule has 0 radical (unpaired) electrons. The van der Waals surface area contributed by atoms with Gasteiger partial charge in [0.2, 0.25) is 0 Å². The first kappa shape index (κ1) is 10.2. The molecule has 2 aromatic rings. The van der Waals surface area contributed by atoms with Crippen molar-refractivity contribution in [2.24, 2.45) is 0 Å². The van der Waals surface area contributed by atoms with Crippen molar-refractivity contribution in [3.05, 3.63) is 35.5 Å². The Kier molecular flexibility index (Phi) is 3.07. The molecule has 15 heavy (non-hydrogen) atoms. The molecular weight excluding hydrogens is 184 g/mol. The Morgan fingerprint density at radius 3 is 3.00 bits per heavy atom. The fraction of sp³-hybridized carbons (Fsp3) is 0.385. The molecule has 1 aromatic carbocycles. The Labute approximate surface area is 90.7 Å². The summed E-state index contributed by atoms with van der Waals surface area (Å²) in [4.78, 5) is 3.27. The molecule has 1 heterocycles. The molecule has 2 nitrogen and oxygen atoms in total. The summed E-state index contributed by atoms with van der Waals surface area (Å²) >= 11 is 0. The lowest BCUT2D eigenvalue weighted by atomic mass is 10.1. The molecule has 0 fully saturated rings. The zero-order valence-corrected chi connectivity index (χ0v) is 9.43. The van der Waals surface area contributed by atoms with E-state index in [1.807, 2.05) is 7.05 Å². The van der Waals surface area contributed by atoms with Crippen LogP contribution in [0.1, 0.15) is 17.5 Å². The van der Waals surface area contributed by atoms with Crippen LogP contribution >= 0.6 is 0 Å². The summed E-state index contributed by atoms with van der Waals surface area (Å²) in [6, 6.07) is 6.70. The van der Waals surface area contributed by atoms with Gasteiger partial charge in [0.1, 0.15) is 0 Å². The summed E-state index contributed by atoms with van der Waals surface area (Å²) in [7, 11) is 2.00. The van der Waals surface area contributed by atoms with Gasteiger partial charge in [0.05, 0.1) is 0 Å². The molecule has 80 valence electrons. The standard InChI is InChI=1S/C13H18N2/c1-10-9-15-13-6-5-11(8-12(10)13)4-3-7-14-2/h5-6,8-9,14-15H,3-4,7H2,1-2H3. The highest BCUT2D eigenvalue weighted by molar-refractivity contribution is 5.83. The highest BCUT2D eigenvalue weighted by Crippen LogP contribution is 2.19. The van der Waals surface area contributed by atoms with E-state index in [2.05, 4.69) is 41.6 Å². The van der Waals surface area contributed by atoms with Gasteiger partial charge in [0, 0.05) is 17.1 Å². The van der Waals surface area contributed by atoms with Crippen molar-refractivity contribution in [2.75, 3.05) is 13.6 Å². The summed E-state index contributed by atoms with van der Waals surface area (Å²) in [5.74, 6) is 0. The molecule has 2 rings (SSSR count). The van der Waals surface area contributed by atoms with Crippen LogP contribution in [0.3, 0.4) is 0 Å². The van der Waals surface area contributed by atoms with Gasteiger partial charge in [0.25, 0.3) is 0 Å². The number of H-pyrrole nitrogens is 1. The van der Waals surface area contributed by atoms with Crippen LogP contribution in [0.15, 0.2) is 24.4 Å². The van der Waals surface area contributed by atoms with Crippen molar-refractivity contribution in [3.63, 3.8) is 0 Å². The molecule has 0 amide bonds. The van der Waals surface area contributed by atoms with Gasteiger partial charge in [-0.05, 0) is 56.6 Å². The Morgan fingerprint density at radius 2 is 2.20 bits per heavy atom. The Balaban J connectivity index is 2.18. The maximum absolute atomic E-state index is 3.27. The summed E-state index contributed by atoms with van der Waals surface area (Å²) in [6.07, 6.45) is 4.43. The number of aryl methyl sites for hydroxylation is 2. The van der Waals surface area contributed by atoms with Gasteiger partial charge in [0.15, 0.2) is 0 Å². The molecule has 0 unspecified atom stereocenters. The van der Waals surface area contributed by atoms with E-state index in [0.717, 1.165) is 13.0 Å². The van der Waals surface area contributed by atoms with Gasteiger partial charge in [-0.2, -0.15) is 0 Å². The summed E-state index contributed by atoms with van der Waals surface area (Å²) in [5, 5.41) is 4.53. The van der Waals surface area contributed by atoms with Crippen molar-refractivity contribution in [1.29, 1.82) is 0 Å². The van der Waals surface area contributed by atoms with Crippen LogP contribution in [0.4, 0.5) is 0 Å². The topological polar surface area (TPSA) is 27.8 Å². The zero-order valence-electron chi connectivity index (χ0n) is 9.43. The molecule has 0 bridgehead atoms. The van der Waals surface area contributed by atoms with Gasteiger partial charge < -0.3 is 10.3 Å². The van der Waals surface area contributed by atoms with Crippen molar-refractivity contribution >= 4 is 10.9 Å². The van der Waals surface area contributed by atoms with Crippen LogP contribution in [-0.4, -0.2) is 18.6 Å². The van der Waals surface area contributed by atoms with Gasteiger partial charge in [-0.3, -0.25) is 0 Å². The number of rotatable bonds is 4. The maximum atomic E-state index is 3.27. The third-order valence-corrected chi connectivity index (χ3v) is 2.85. The number of nitrogens with one attached hydrogen (secondary N) is 2. The number of hydrogen-bond donors (Lipinski definition) is 2. The number of fused-ring (bicyclic) bond motifs is 1. The van der Waals surface area contributed by atoms with Crippen LogP contribution in [0.25, 0.3) is 10.9 Å². The fourth-order valence-corrected chi connectivity index (χ4v) is 1.93. The smallest absolute Gasteiger partial charge is 0.0456 e. The molecule has 0 aliphatic heterocycles. The van der Waals surface area contributed by atoms with E-state index in [9.17, 15) is 0 Å². The minimum atomic E-state index is 1.09. The van der Waals surface area contributed by atoms with E-state index in [1.165, 1.54) is 28.5 Å². The Hall–Kier alpha value is -1.28. The highest BCUT2D eigenvalue weighted by atomic mass is 14.8. The second kappa shape index (κ2) is 4.49. The monoisotopic (exact) mass is 202 g/mol. The highest BCUT2D eigenvalue weighted by Gasteiger charge is 2.00. The van der Waals surface area contributed by atoms with Crippen LogP contribution in [0.5, 0.6) is 0 Å². The molecule has 2 heteroatoms. The largest absolute Gasteiger partial charge is 0.361 e. The van der Waals surface area contributed by atoms with Crippen molar-refractivity contribution in [1.82, 2.24) is 10.3 Å². The predicted octanol–water partition coefficient (Wildman–Crippen LogP) is 2.63. The molecule has 0 spiro atoms. The van der Waals surface area contributed by atoms with Gasteiger partial charge in [-0.1, -0.05) is 6.07 Å². The second-order valence-electron chi connectivity index (χ2n) is 4.06. The summed E-state index contributed by atoms with van der Waals surface area (Å²) < 4.78 is 0. The first-order valence-corrected chi connectivity index (χ1v) is 5.52. The molecule has 0 aliphatic rings. The van der Waals surface area contributed by atoms with E-state index in [-0.39, 0.29) is 0 Å². The maximum Gasteiger partial charge on any atom is 0.0456 e. The molecule has 0 saturated heterocycles.